The number of hydrogen-bond acceptors (Lipinski definition) is 2. The van der Waals surface area contributed by atoms with E-state index in [1.54, 1.807) is 0 Å². The van der Waals surface area contributed by atoms with Crippen LogP contribution < -0.4 is 5.32 Å². The molecule has 1 aliphatic rings. The fraction of sp³-hybridized carbons (Fsp3) is 0.812. The van der Waals surface area contributed by atoms with Crippen LogP contribution in [0.5, 0.6) is 0 Å². The Bertz CT molecular complexity index is 387. The number of rotatable bonds is 4. The van der Waals surface area contributed by atoms with Crippen LogP contribution in [0.4, 0.5) is 0 Å². The Balaban J connectivity index is 1.99. The second-order valence-electron chi connectivity index (χ2n) is 7.95. The van der Waals surface area contributed by atoms with Gasteiger partial charge in [-0.25, -0.2) is 4.98 Å². The van der Waals surface area contributed by atoms with Gasteiger partial charge in [-0.1, -0.05) is 34.6 Å². The minimum absolute atomic E-state index is 0.261. The Morgan fingerprint density at radius 2 is 2.16 bits per heavy atom. The summed E-state index contributed by atoms with van der Waals surface area (Å²) in [6.45, 7) is 12.7. The first-order valence-electron chi connectivity index (χ1n) is 7.48. The number of imidazole rings is 1. The van der Waals surface area contributed by atoms with Crippen LogP contribution in [0.3, 0.4) is 0 Å². The molecule has 0 aliphatic heterocycles. The maximum atomic E-state index is 4.15. The van der Waals surface area contributed by atoms with Crippen molar-refractivity contribution in [2.45, 2.75) is 72.5 Å². The zero-order valence-corrected chi connectivity index (χ0v) is 13.1. The summed E-state index contributed by atoms with van der Waals surface area (Å²) >= 11 is 0. The highest BCUT2D eigenvalue weighted by atomic mass is 15.1. The van der Waals surface area contributed by atoms with Crippen LogP contribution in [0.1, 0.15) is 53.9 Å². The maximum Gasteiger partial charge on any atom is 0.0946 e. The van der Waals surface area contributed by atoms with E-state index < -0.39 is 0 Å². The maximum absolute atomic E-state index is 4.15. The molecule has 0 radical (unpaired) electrons. The molecule has 3 heteroatoms. The third-order valence-corrected chi connectivity index (χ3v) is 4.40. The van der Waals surface area contributed by atoms with Crippen molar-refractivity contribution in [3.63, 3.8) is 0 Å². The fourth-order valence-corrected chi connectivity index (χ4v) is 3.05. The summed E-state index contributed by atoms with van der Waals surface area (Å²) < 4.78 is 2.18. The van der Waals surface area contributed by atoms with Crippen LogP contribution in [0, 0.1) is 10.8 Å². The zero-order chi connectivity index (χ0) is 14.1. The molecular formula is C16H29N3. The van der Waals surface area contributed by atoms with Crippen LogP contribution in [-0.4, -0.2) is 21.6 Å². The van der Waals surface area contributed by atoms with Crippen molar-refractivity contribution in [2.24, 2.45) is 10.8 Å². The molecule has 0 spiro atoms. The molecule has 2 rings (SSSR count). The summed E-state index contributed by atoms with van der Waals surface area (Å²) in [7, 11) is 0. The SMILES string of the molecule is CC1(C)CCC(NC(Cn2ccnc2)C(C)(C)C)C1. The molecule has 2 atom stereocenters. The Morgan fingerprint density at radius 1 is 1.42 bits per heavy atom. The van der Waals surface area contributed by atoms with Crippen LogP contribution in [-0.2, 0) is 6.54 Å². The van der Waals surface area contributed by atoms with Crippen LogP contribution in [0.25, 0.3) is 0 Å². The molecule has 1 saturated carbocycles. The van der Waals surface area contributed by atoms with E-state index in [2.05, 4.69) is 55.7 Å². The first kappa shape index (κ1) is 14.6. The smallest absolute Gasteiger partial charge is 0.0946 e. The summed E-state index contributed by atoms with van der Waals surface area (Å²) in [5.74, 6) is 0. The first-order valence-corrected chi connectivity index (χ1v) is 7.48. The summed E-state index contributed by atoms with van der Waals surface area (Å²) in [5, 5.41) is 3.90. The van der Waals surface area contributed by atoms with E-state index >= 15 is 0 Å². The third-order valence-electron chi connectivity index (χ3n) is 4.40. The fourth-order valence-electron chi connectivity index (χ4n) is 3.05. The molecular weight excluding hydrogens is 234 g/mol. The first-order chi connectivity index (χ1) is 8.76. The van der Waals surface area contributed by atoms with E-state index in [1.807, 2.05) is 12.5 Å². The van der Waals surface area contributed by atoms with E-state index in [4.69, 9.17) is 0 Å². The molecule has 0 aromatic carbocycles. The Labute approximate surface area is 117 Å². The van der Waals surface area contributed by atoms with Gasteiger partial charge in [0.1, 0.15) is 0 Å². The van der Waals surface area contributed by atoms with Gasteiger partial charge in [-0.15, -0.1) is 0 Å². The van der Waals surface area contributed by atoms with E-state index in [0.29, 0.717) is 17.5 Å². The van der Waals surface area contributed by atoms with Crippen molar-refractivity contribution in [3.8, 4) is 0 Å². The third kappa shape index (κ3) is 4.07. The Morgan fingerprint density at radius 3 is 2.63 bits per heavy atom. The highest BCUT2D eigenvalue weighted by Gasteiger charge is 2.34. The average molecular weight is 263 g/mol. The Kier molecular flexibility index (Phi) is 4.05. The second kappa shape index (κ2) is 5.28. The molecule has 3 nitrogen and oxygen atoms in total. The molecule has 0 amide bonds. The molecule has 1 N–H and O–H groups in total. The van der Waals surface area contributed by atoms with Gasteiger partial charge < -0.3 is 9.88 Å². The summed E-state index contributed by atoms with van der Waals surface area (Å²) in [4.78, 5) is 4.15. The van der Waals surface area contributed by atoms with Crippen molar-refractivity contribution in [2.75, 3.05) is 0 Å². The Hall–Kier alpha value is -0.830. The molecule has 19 heavy (non-hydrogen) atoms. The van der Waals surface area contributed by atoms with Gasteiger partial charge >= 0.3 is 0 Å². The highest BCUT2D eigenvalue weighted by molar-refractivity contribution is 4.92. The molecule has 1 fully saturated rings. The summed E-state index contributed by atoms with van der Waals surface area (Å²) in [6.07, 6.45) is 9.77. The summed E-state index contributed by atoms with van der Waals surface area (Å²) in [5.41, 5.74) is 0.770. The van der Waals surface area contributed by atoms with Gasteiger partial charge in [-0.05, 0) is 30.1 Å². The van der Waals surface area contributed by atoms with Crippen LogP contribution >= 0.6 is 0 Å². The van der Waals surface area contributed by atoms with Crippen LogP contribution in [0.2, 0.25) is 0 Å². The zero-order valence-electron chi connectivity index (χ0n) is 13.1. The predicted molar refractivity (Wildman–Crippen MR) is 80.0 cm³/mol. The van der Waals surface area contributed by atoms with Gasteiger partial charge in [-0.2, -0.15) is 0 Å². The lowest BCUT2D eigenvalue weighted by Crippen LogP contribution is -2.47. The van der Waals surface area contributed by atoms with Crippen molar-refractivity contribution < 1.29 is 0 Å². The van der Waals surface area contributed by atoms with Gasteiger partial charge in [0.25, 0.3) is 0 Å². The topological polar surface area (TPSA) is 29.9 Å². The van der Waals surface area contributed by atoms with Crippen molar-refractivity contribution in [1.82, 2.24) is 14.9 Å². The molecule has 0 saturated heterocycles. The van der Waals surface area contributed by atoms with E-state index in [-0.39, 0.29) is 5.41 Å². The molecule has 2 unspecified atom stereocenters. The number of hydrogen-bond donors (Lipinski definition) is 1. The minimum Gasteiger partial charge on any atom is -0.336 e. The number of nitrogens with one attached hydrogen (secondary N) is 1. The van der Waals surface area contributed by atoms with Crippen molar-refractivity contribution >= 4 is 0 Å². The predicted octanol–water partition coefficient (Wildman–Crippen LogP) is 3.47. The number of nitrogens with zero attached hydrogens (tertiary/aromatic N) is 2. The van der Waals surface area contributed by atoms with Gasteiger partial charge in [0.2, 0.25) is 0 Å². The molecule has 1 aromatic rings. The lowest BCUT2D eigenvalue weighted by molar-refractivity contribution is 0.216. The summed E-state index contributed by atoms with van der Waals surface area (Å²) in [6, 6.07) is 1.16. The largest absolute Gasteiger partial charge is 0.336 e. The quantitative estimate of drug-likeness (QED) is 0.901. The highest BCUT2D eigenvalue weighted by Crippen LogP contribution is 2.37. The molecule has 1 aliphatic carbocycles. The minimum atomic E-state index is 0.261. The van der Waals surface area contributed by atoms with Gasteiger partial charge in [0.15, 0.2) is 0 Å². The van der Waals surface area contributed by atoms with Gasteiger partial charge in [0, 0.05) is 31.0 Å². The van der Waals surface area contributed by atoms with Gasteiger partial charge in [-0.3, -0.25) is 0 Å². The standard InChI is InChI=1S/C16H29N3/c1-15(2,3)14(11-19-9-8-17-12-19)18-13-6-7-16(4,5)10-13/h8-9,12-14,18H,6-7,10-11H2,1-5H3. The molecule has 108 valence electrons. The normalized spacial score (nSPS) is 24.6. The monoisotopic (exact) mass is 263 g/mol. The van der Waals surface area contributed by atoms with E-state index in [1.165, 1.54) is 19.3 Å². The van der Waals surface area contributed by atoms with Crippen molar-refractivity contribution in [3.05, 3.63) is 18.7 Å². The molecule has 0 bridgehead atoms. The van der Waals surface area contributed by atoms with Gasteiger partial charge in [0.05, 0.1) is 6.33 Å². The lowest BCUT2D eigenvalue weighted by Gasteiger charge is -2.34. The molecule has 1 aromatic heterocycles. The average Bonchev–Trinajstić information content (AvgIpc) is 2.86. The van der Waals surface area contributed by atoms with E-state index in [9.17, 15) is 0 Å². The lowest BCUT2D eigenvalue weighted by atomic mass is 9.85. The number of aromatic nitrogens is 2. The van der Waals surface area contributed by atoms with Crippen LogP contribution in [0.15, 0.2) is 18.7 Å². The van der Waals surface area contributed by atoms with Crippen molar-refractivity contribution in [1.29, 1.82) is 0 Å². The van der Waals surface area contributed by atoms with E-state index in [0.717, 1.165) is 6.54 Å². The second-order valence-corrected chi connectivity index (χ2v) is 7.95. The molecule has 1 heterocycles.